The molecule has 1 aromatic heterocycles. The van der Waals surface area contributed by atoms with E-state index in [-0.39, 0.29) is 12.0 Å². The average molecular weight is 388 g/mol. The summed E-state index contributed by atoms with van der Waals surface area (Å²) < 4.78 is 16.9. The monoisotopic (exact) mass is 388 g/mol. The first-order valence-electron chi connectivity index (χ1n) is 9.50. The SMILES string of the molecule is COC(=O)c1ccc([C@@H]2Oc3ccccc3[C@@H]3CC(c4ccc(C)o4)=NN32)cc1. The van der Waals surface area contributed by atoms with Crippen LogP contribution >= 0.6 is 0 Å². The van der Waals surface area contributed by atoms with Crippen LogP contribution in [0.4, 0.5) is 0 Å². The second kappa shape index (κ2) is 6.81. The number of carbonyl (C=O) groups excluding carboxylic acids is 1. The van der Waals surface area contributed by atoms with Crippen LogP contribution in [0.15, 0.2) is 70.2 Å². The molecule has 0 aliphatic carbocycles. The zero-order valence-electron chi connectivity index (χ0n) is 16.2. The van der Waals surface area contributed by atoms with Gasteiger partial charge in [-0.1, -0.05) is 30.3 Å². The molecule has 29 heavy (non-hydrogen) atoms. The van der Waals surface area contributed by atoms with E-state index >= 15 is 0 Å². The van der Waals surface area contributed by atoms with Crippen molar-refractivity contribution in [2.45, 2.75) is 25.6 Å². The van der Waals surface area contributed by atoms with Crippen molar-refractivity contribution in [1.29, 1.82) is 0 Å². The third-order valence-corrected chi connectivity index (χ3v) is 5.34. The molecule has 0 radical (unpaired) electrons. The van der Waals surface area contributed by atoms with E-state index in [1.54, 1.807) is 12.1 Å². The van der Waals surface area contributed by atoms with Crippen LogP contribution < -0.4 is 4.74 Å². The van der Waals surface area contributed by atoms with Crippen molar-refractivity contribution >= 4 is 11.7 Å². The molecule has 5 rings (SSSR count). The number of methoxy groups -OCH3 is 1. The second-order valence-corrected chi connectivity index (χ2v) is 7.18. The summed E-state index contributed by atoms with van der Waals surface area (Å²) in [4.78, 5) is 11.8. The Morgan fingerprint density at radius 3 is 2.62 bits per heavy atom. The quantitative estimate of drug-likeness (QED) is 0.613. The molecule has 6 heteroatoms. The Morgan fingerprint density at radius 2 is 1.90 bits per heavy atom. The molecule has 6 nitrogen and oxygen atoms in total. The Hall–Kier alpha value is -3.54. The normalized spacial score (nSPS) is 19.8. The maximum Gasteiger partial charge on any atom is 0.337 e. The number of aryl methyl sites for hydroxylation is 1. The number of para-hydroxylation sites is 1. The predicted molar refractivity (Wildman–Crippen MR) is 107 cm³/mol. The summed E-state index contributed by atoms with van der Waals surface area (Å²) >= 11 is 0. The minimum absolute atomic E-state index is 0.0608. The highest BCUT2D eigenvalue weighted by Gasteiger charge is 2.41. The maximum absolute atomic E-state index is 11.8. The van der Waals surface area contributed by atoms with E-state index in [1.165, 1.54) is 7.11 Å². The molecule has 3 aromatic rings. The van der Waals surface area contributed by atoms with Crippen molar-refractivity contribution in [3.63, 3.8) is 0 Å². The zero-order chi connectivity index (χ0) is 20.0. The molecule has 2 aliphatic rings. The van der Waals surface area contributed by atoms with Gasteiger partial charge in [-0.2, -0.15) is 5.10 Å². The van der Waals surface area contributed by atoms with Crippen molar-refractivity contribution in [3.05, 3.63) is 88.9 Å². The molecule has 3 heterocycles. The van der Waals surface area contributed by atoms with Crippen LogP contribution in [0.2, 0.25) is 0 Å². The molecule has 0 saturated heterocycles. The van der Waals surface area contributed by atoms with E-state index in [2.05, 4.69) is 6.07 Å². The van der Waals surface area contributed by atoms with Crippen molar-refractivity contribution in [1.82, 2.24) is 5.01 Å². The zero-order valence-corrected chi connectivity index (χ0v) is 16.2. The lowest BCUT2D eigenvalue weighted by Crippen LogP contribution is -2.33. The number of benzene rings is 2. The number of hydrogen-bond acceptors (Lipinski definition) is 6. The van der Waals surface area contributed by atoms with Crippen LogP contribution in [0.5, 0.6) is 5.75 Å². The van der Waals surface area contributed by atoms with Gasteiger partial charge in [-0.25, -0.2) is 9.80 Å². The summed E-state index contributed by atoms with van der Waals surface area (Å²) in [6, 6.07) is 19.3. The van der Waals surface area contributed by atoms with Gasteiger partial charge in [0.2, 0.25) is 6.23 Å². The van der Waals surface area contributed by atoms with Gasteiger partial charge in [-0.05, 0) is 37.3 Å². The molecule has 146 valence electrons. The second-order valence-electron chi connectivity index (χ2n) is 7.18. The Morgan fingerprint density at radius 1 is 1.10 bits per heavy atom. The number of rotatable bonds is 3. The van der Waals surface area contributed by atoms with E-state index in [4.69, 9.17) is 19.0 Å². The number of fused-ring (bicyclic) bond motifs is 3. The van der Waals surface area contributed by atoms with Crippen LogP contribution in [0.1, 0.15) is 51.7 Å². The van der Waals surface area contributed by atoms with Crippen LogP contribution in [-0.4, -0.2) is 23.8 Å². The van der Waals surface area contributed by atoms with Gasteiger partial charge in [0.1, 0.15) is 23.0 Å². The molecule has 0 N–H and O–H groups in total. The maximum atomic E-state index is 11.8. The fraction of sp³-hybridized carbons (Fsp3) is 0.217. The number of esters is 1. The summed E-state index contributed by atoms with van der Waals surface area (Å²) in [6.45, 7) is 1.93. The molecule has 2 atom stereocenters. The van der Waals surface area contributed by atoms with Crippen molar-refractivity contribution in [3.8, 4) is 5.75 Å². The number of carbonyl (C=O) groups is 1. The Labute approximate surface area is 168 Å². The van der Waals surface area contributed by atoms with E-state index in [0.29, 0.717) is 5.56 Å². The summed E-state index contributed by atoms with van der Waals surface area (Å²) in [5.41, 5.74) is 3.43. The molecule has 0 spiro atoms. The third-order valence-electron chi connectivity index (χ3n) is 5.34. The van der Waals surface area contributed by atoms with E-state index in [1.807, 2.05) is 54.4 Å². The van der Waals surface area contributed by atoms with Gasteiger partial charge in [0.15, 0.2) is 0 Å². The lowest BCUT2D eigenvalue weighted by Gasteiger charge is -2.38. The summed E-state index contributed by atoms with van der Waals surface area (Å²) in [5.74, 6) is 2.13. The molecule has 0 saturated carbocycles. The molecule has 0 fully saturated rings. The Bertz CT molecular complexity index is 1100. The van der Waals surface area contributed by atoms with Gasteiger partial charge < -0.3 is 13.9 Å². The highest BCUT2D eigenvalue weighted by atomic mass is 16.5. The van der Waals surface area contributed by atoms with Crippen molar-refractivity contribution in [2.24, 2.45) is 5.10 Å². The van der Waals surface area contributed by atoms with Gasteiger partial charge in [-0.3, -0.25) is 0 Å². The van der Waals surface area contributed by atoms with Gasteiger partial charge in [0.25, 0.3) is 0 Å². The van der Waals surface area contributed by atoms with Gasteiger partial charge in [-0.15, -0.1) is 0 Å². The van der Waals surface area contributed by atoms with Crippen LogP contribution in [0.25, 0.3) is 0 Å². The lowest BCUT2D eigenvalue weighted by molar-refractivity contribution is -0.0190. The van der Waals surface area contributed by atoms with Gasteiger partial charge in [0.05, 0.1) is 18.7 Å². The van der Waals surface area contributed by atoms with Gasteiger partial charge in [0, 0.05) is 17.5 Å². The highest BCUT2D eigenvalue weighted by molar-refractivity contribution is 5.99. The number of nitrogens with zero attached hydrogens (tertiary/aromatic N) is 2. The number of hydrazone groups is 1. The number of furan rings is 1. The highest BCUT2D eigenvalue weighted by Crippen LogP contribution is 2.47. The largest absolute Gasteiger partial charge is 0.465 e. The summed E-state index contributed by atoms with van der Waals surface area (Å²) in [5, 5.41) is 6.85. The van der Waals surface area contributed by atoms with E-state index in [9.17, 15) is 4.79 Å². The fourth-order valence-corrected chi connectivity index (χ4v) is 3.89. The number of ether oxygens (including phenoxy) is 2. The molecule has 2 aromatic carbocycles. The van der Waals surface area contributed by atoms with Crippen molar-refractivity contribution in [2.75, 3.05) is 7.11 Å². The average Bonchev–Trinajstić information content (AvgIpc) is 3.39. The van der Waals surface area contributed by atoms with Gasteiger partial charge >= 0.3 is 5.97 Å². The Kier molecular flexibility index (Phi) is 4.12. The standard InChI is InChI=1S/C23H20N2O4/c1-14-7-12-21(28-14)18-13-19-17-5-3-4-6-20(17)29-22(25(19)24-18)15-8-10-16(11-9-15)23(26)27-2/h3-12,19,22H,13H2,1-2H3/t19-,22-/m0/s1. The van der Waals surface area contributed by atoms with Crippen molar-refractivity contribution < 1.29 is 18.7 Å². The van der Waals surface area contributed by atoms with E-state index in [0.717, 1.165) is 40.5 Å². The lowest BCUT2D eigenvalue weighted by atomic mass is 9.97. The Balaban J connectivity index is 1.54. The molecule has 0 bridgehead atoms. The minimum atomic E-state index is -0.393. The smallest absolute Gasteiger partial charge is 0.337 e. The fourth-order valence-electron chi connectivity index (χ4n) is 3.89. The molecule has 2 aliphatic heterocycles. The molecular formula is C23H20N2O4. The predicted octanol–water partition coefficient (Wildman–Crippen LogP) is 4.62. The van der Waals surface area contributed by atoms with Crippen LogP contribution in [-0.2, 0) is 4.74 Å². The molecule has 0 unspecified atom stereocenters. The molecular weight excluding hydrogens is 368 g/mol. The minimum Gasteiger partial charge on any atom is -0.465 e. The number of hydrogen-bond donors (Lipinski definition) is 0. The topological polar surface area (TPSA) is 64.3 Å². The summed E-state index contributed by atoms with van der Waals surface area (Å²) in [7, 11) is 1.37. The van der Waals surface area contributed by atoms with E-state index < -0.39 is 6.23 Å². The summed E-state index contributed by atoms with van der Waals surface area (Å²) in [6.07, 6.45) is 0.347. The van der Waals surface area contributed by atoms with Crippen LogP contribution in [0, 0.1) is 6.92 Å². The third kappa shape index (κ3) is 2.97. The first-order valence-corrected chi connectivity index (χ1v) is 9.50. The first kappa shape index (κ1) is 17.6. The van der Waals surface area contributed by atoms with Crippen LogP contribution in [0.3, 0.4) is 0 Å². The first-order chi connectivity index (χ1) is 14.1. The molecule has 0 amide bonds.